The average molecular weight is 429 g/mol. The molecule has 1 aliphatic heterocycles. The van der Waals surface area contributed by atoms with Crippen molar-refractivity contribution in [3.63, 3.8) is 0 Å². The molecule has 0 saturated carbocycles. The fourth-order valence-electron chi connectivity index (χ4n) is 2.61. The molecule has 0 bridgehead atoms. The Hall–Kier alpha value is -1.43. The average Bonchev–Trinajstić information content (AvgIpc) is 2.59. The number of anilines is 2. The van der Waals surface area contributed by atoms with Crippen molar-refractivity contribution in [1.82, 2.24) is 4.90 Å². The maximum atomic E-state index is 12.4. The first-order valence-corrected chi connectivity index (χ1v) is 9.10. The van der Waals surface area contributed by atoms with Gasteiger partial charge in [-0.3, -0.25) is 0 Å². The normalized spacial score (nSPS) is 14.6. The summed E-state index contributed by atoms with van der Waals surface area (Å²) in [5, 5.41) is 4.03. The van der Waals surface area contributed by atoms with Crippen molar-refractivity contribution in [2.75, 3.05) is 36.4 Å². The molecule has 24 heavy (non-hydrogen) atoms. The first-order chi connectivity index (χ1) is 11.5. The molecule has 0 spiro atoms. The molecule has 0 aliphatic carbocycles. The number of para-hydroxylation sites is 1. The number of benzene rings is 2. The predicted molar refractivity (Wildman–Crippen MR) is 103 cm³/mol. The SMILES string of the molecule is O=C(Nc1ccccc1Br)N1CCN(c2ccc(Cl)c(Cl)c2)CC1. The van der Waals surface area contributed by atoms with Crippen LogP contribution in [0.1, 0.15) is 0 Å². The van der Waals surface area contributed by atoms with Crippen LogP contribution in [-0.2, 0) is 0 Å². The van der Waals surface area contributed by atoms with Crippen molar-refractivity contribution in [3.8, 4) is 0 Å². The van der Waals surface area contributed by atoms with Crippen molar-refractivity contribution in [1.29, 1.82) is 0 Å². The molecule has 1 N–H and O–H groups in total. The summed E-state index contributed by atoms with van der Waals surface area (Å²) in [6.07, 6.45) is 0. The van der Waals surface area contributed by atoms with Gasteiger partial charge in [-0.05, 0) is 46.3 Å². The van der Waals surface area contributed by atoms with Crippen LogP contribution in [0.15, 0.2) is 46.9 Å². The molecule has 1 heterocycles. The lowest BCUT2D eigenvalue weighted by atomic mass is 10.2. The number of halogens is 3. The van der Waals surface area contributed by atoms with E-state index in [1.807, 2.05) is 41.3 Å². The molecule has 2 aromatic carbocycles. The number of urea groups is 1. The molecule has 0 unspecified atom stereocenters. The molecule has 2 amide bonds. The second kappa shape index (κ2) is 7.64. The molecular formula is C17H16BrCl2N3O. The van der Waals surface area contributed by atoms with E-state index in [2.05, 4.69) is 26.1 Å². The first-order valence-electron chi connectivity index (χ1n) is 7.55. The van der Waals surface area contributed by atoms with Gasteiger partial charge in [-0.1, -0.05) is 35.3 Å². The van der Waals surface area contributed by atoms with E-state index in [4.69, 9.17) is 23.2 Å². The number of piperazine rings is 1. The van der Waals surface area contributed by atoms with Gasteiger partial charge in [-0.2, -0.15) is 0 Å². The summed E-state index contributed by atoms with van der Waals surface area (Å²) in [5.74, 6) is 0. The largest absolute Gasteiger partial charge is 0.368 e. The molecule has 1 saturated heterocycles. The summed E-state index contributed by atoms with van der Waals surface area (Å²) in [6, 6.07) is 13.1. The molecule has 4 nitrogen and oxygen atoms in total. The van der Waals surface area contributed by atoms with Crippen LogP contribution in [0.4, 0.5) is 16.2 Å². The van der Waals surface area contributed by atoms with E-state index in [1.54, 1.807) is 6.07 Å². The van der Waals surface area contributed by atoms with Gasteiger partial charge in [0.05, 0.1) is 15.7 Å². The fourth-order valence-corrected chi connectivity index (χ4v) is 3.28. The molecule has 126 valence electrons. The highest BCUT2D eigenvalue weighted by molar-refractivity contribution is 9.10. The highest BCUT2D eigenvalue weighted by Crippen LogP contribution is 2.28. The summed E-state index contributed by atoms with van der Waals surface area (Å²) >= 11 is 15.5. The van der Waals surface area contributed by atoms with Crippen molar-refractivity contribution in [3.05, 3.63) is 57.0 Å². The Kier molecular flexibility index (Phi) is 5.54. The summed E-state index contributed by atoms with van der Waals surface area (Å²) < 4.78 is 0.868. The number of nitrogens with zero attached hydrogens (tertiary/aromatic N) is 2. The molecular weight excluding hydrogens is 413 g/mol. The lowest BCUT2D eigenvalue weighted by Crippen LogP contribution is -2.50. The molecule has 1 fully saturated rings. The van der Waals surface area contributed by atoms with Crippen molar-refractivity contribution < 1.29 is 4.79 Å². The Morgan fingerprint density at radius 3 is 2.38 bits per heavy atom. The smallest absolute Gasteiger partial charge is 0.321 e. The Morgan fingerprint density at radius 1 is 1.00 bits per heavy atom. The molecule has 2 aromatic rings. The minimum Gasteiger partial charge on any atom is -0.368 e. The second-order valence-electron chi connectivity index (χ2n) is 5.48. The summed E-state index contributed by atoms with van der Waals surface area (Å²) in [7, 11) is 0. The lowest BCUT2D eigenvalue weighted by molar-refractivity contribution is 0.208. The van der Waals surface area contributed by atoms with E-state index in [0.717, 1.165) is 28.9 Å². The van der Waals surface area contributed by atoms with Crippen LogP contribution >= 0.6 is 39.1 Å². The van der Waals surface area contributed by atoms with Gasteiger partial charge in [0.1, 0.15) is 0 Å². The Labute approximate surface area is 159 Å². The van der Waals surface area contributed by atoms with E-state index < -0.39 is 0 Å². The lowest BCUT2D eigenvalue weighted by Gasteiger charge is -2.36. The topological polar surface area (TPSA) is 35.6 Å². The van der Waals surface area contributed by atoms with Crippen LogP contribution in [0, 0.1) is 0 Å². The van der Waals surface area contributed by atoms with Gasteiger partial charge >= 0.3 is 6.03 Å². The number of carbonyl (C=O) groups excluding carboxylic acids is 1. The van der Waals surface area contributed by atoms with Crippen LogP contribution in [0.3, 0.4) is 0 Å². The minimum atomic E-state index is -0.0873. The number of hydrogen-bond acceptors (Lipinski definition) is 2. The van der Waals surface area contributed by atoms with Gasteiger partial charge < -0.3 is 15.1 Å². The van der Waals surface area contributed by atoms with Crippen LogP contribution in [-0.4, -0.2) is 37.1 Å². The molecule has 7 heteroatoms. The van der Waals surface area contributed by atoms with Gasteiger partial charge in [0.2, 0.25) is 0 Å². The zero-order valence-corrected chi connectivity index (χ0v) is 15.9. The molecule has 1 aliphatic rings. The number of carbonyl (C=O) groups is 1. The van der Waals surface area contributed by atoms with Crippen LogP contribution in [0.5, 0.6) is 0 Å². The molecule has 0 aromatic heterocycles. The first kappa shape index (κ1) is 17.4. The second-order valence-corrected chi connectivity index (χ2v) is 7.15. The van der Waals surface area contributed by atoms with Crippen LogP contribution in [0.25, 0.3) is 0 Å². The Balaban J connectivity index is 1.59. The highest BCUT2D eigenvalue weighted by Gasteiger charge is 2.22. The van der Waals surface area contributed by atoms with Crippen LogP contribution in [0.2, 0.25) is 10.0 Å². The highest BCUT2D eigenvalue weighted by atomic mass is 79.9. The van der Waals surface area contributed by atoms with Gasteiger partial charge in [0.15, 0.2) is 0 Å². The van der Waals surface area contributed by atoms with Crippen LogP contribution < -0.4 is 10.2 Å². The third kappa shape index (κ3) is 3.97. The summed E-state index contributed by atoms with van der Waals surface area (Å²) in [5.41, 5.74) is 1.80. The fraction of sp³-hybridized carbons (Fsp3) is 0.235. The Morgan fingerprint density at radius 2 is 1.71 bits per heavy atom. The Bertz CT molecular complexity index is 748. The van der Waals surface area contributed by atoms with Crippen molar-refractivity contribution in [2.24, 2.45) is 0 Å². The molecule has 0 radical (unpaired) electrons. The molecule has 0 atom stereocenters. The summed E-state index contributed by atoms with van der Waals surface area (Å²) in [4.78, 5) is 16.4. The zero-order chi connectivity index (χ0) is 17.1. The number of nitrogens with one attached hydrogen (secondary N) is 1. The van der Waals surface area contributed by atoms with E-state index in [1.165, 1.54) is 0 Å². The van der Waals surface area contributed by atoms with Crippen molar-refractivity contribution in [2.45, 2.75) is 0 Å². The van der Waals surface area contributed by atoms with Gasteiger partial charge in [-0.15, -0.1) is 0 Å². The quantitative estimate of drug-likeness (QED) is 0.721. The number of rotatable bonds is 2. The van der Waals surface area contributed by atoms with E-state index >= 15 is 0 Å². The standard InChI is InChI=1S/C17H16BrCl2N3O/c18-13-3-1-2-4-16(13)21-17(24)23-9-7-22(8-10-23)12-5-6-14(19)15(20)11-12/h1-6,11H,7-10H2,(H,21,24). The van der Waals surface area contributed by atoms with E-state index in [0.29, 0.717) is 23.1 Å². The predicted octanol–water partition coefficient (Wildman–Crippen LogP) is 5.11. The van der Waals surface area contributed by atoms with Gasteiger partial charge in [0, 0.05) is 36.3 Å². The zero-order valence-electron chi connectivity index (χ0n) is 12.8. The monoisotopic (exact) mass is 427 g/mol. The third-order valence-electron chi connectivity index (χ3n) is 3.95. The van der Waals surface area contributed by atoms with Gasteiger partial charge in [-0.25, -0.2) is 4.79 Å². The third-order valence-corrected chi connectivity index (χ3v) is 5.38. The number of hydrogen-bond donors (Lipinski definition) is 1. The number of amides is 2. The van der Waals surface area contributed by atoms with Gasteiger partial charge in [0.25, 0.3) is 0 Å². The maximum Gasteiger partial charge on any atom is 0.321 e. The molecule has 3 rings (SSSR count). The minimum absolute atomic E-state index is 0.0873. The van der Waals surface area contributed by atoms with E-state index in [9.17, 15) is 4.79 Å². The summed E-state index contributed by atoms with van der Waals surface area (Å²) in [6.45, 7) is 2.80. The maximum absolute atomic E-state index is 12.4. The van der Waals surface area contributed by atoms with E-state index in [-0.39, 0.29) is 6.03 Å². The van der Waals surface area contributed by atoms with Crippen molar-refractivity contribution >= 4 is 56.5 Å².